The Labute approximate surface area is 101 Å². The summed E-state index contributed by atoms with van der Waals surface area (Å²) in [5.41, 5.74) is 0. The number of methoxy groups -OCH3 is 1. The maximum atomic E-state index is 11.1. The van der Waals surface area contributed by atoms with Crippen molar-refractivity contribution < 1.29 is 9.53 Å². The quantitative estimate of drug-likeness (QED) is 0.700. The molecule has 0 atom stereocenters. The van der Waals surface area contributed by atoms with Gasteiger partial charge >= 0.3 is 0 Å². The van der Waals surface area contributed by atoms with E-state index in [0.717, 1.165) is 13.0 Å². The molecule has 1 aromatic heterocycles. The van der Waals surface area contributed by atoms with Crippen molar-refractivity contribution in [1.29, 1.82) is 0 Å². The van der Waals surface area contributed by atoms with Crippen LogP contribution in [0.15, 0.2) is 12.1 Å². The normalized spacial score (nSPS) is 10.0. The predicted octanol–water partition coefficient (Wildman–Crippen LogP) is 1.27. The van der Waals surface area contributed by atoms with Gasteiger partial charge in [0.25, 0.3) is 0 Å². The fraction of sp³-hybridized carbons (Fsp3) is 0.545. The van der Waals surface area contributed by atoms with E-state index in [2.05, 4.69) is 20.8 Å². The number of carbonyl (C=O) groups is 1. The van der Waals surface area contributed by atoms with Crippen molar-refractivity contribution in [2.45, 2.75) is 19.8 Å². The molecule has 1 amide bonds. The summed E-state index contributed by atoms with van der Waals surface area (Å²) in [6.45, 7) is 3.28. The lowest BCUT2D eigenvalue weighted by molar-refractivity contribution is -0.115. The highest BCUT2D eigenvalue weighted by Crippen LogP contribution is 2.06. The lowest BCUT2D eigenvalue weighted by atomic mass is 10.4. The van der Waals surface area contributed by atoms with Crippen molar-refractivity contribution in [1.82, 2.24) is 10.2 Å². The number of amides is 1. The molecule has 0 aliphatic carbocycles. The summed E-state index contributed by atoms with van der Waals surface area (Å²) in [7, 11) is 1.67. The number of nitrogens with zero attached hydrogens (tertiary/aromatic N) is 2. The second kappa shape index (κ2) is 7.56. The van der Waals surface area contributed by atoms with Gasteiger partial charge in [-0.1, -0.05) is 6.92 Å². The first kappa shape index (κ1) is 13.4. The third-order valence-corrected chi connectivity index (χ3v) is 2.08. The summed E-state index contributed by atoms with van der Waals surface area (Å²) < 4.78 is 4.93. The summed E-state index contributed by atoms with van der Waals surface area (Å²) in [6.07, 6.45) is 1.34. The number of nitrogens with one attached hydrogen (secondary N) is 2. The number of carbonyl (C=O) groups excluding carboxylic acids is 1. The van der Waals surface area contributed by atoms with Gasteiger partial charge in [-0.25, -0.2) is 0 Å². The average molecular weight is 238 g/mol. The van der Waals surface area contributed by atoms with E-state index < -0.39 is 0 Å². The largest absolute Gasteiger partial charge is 0.385 e. The Morgan fingerprint density at radius 2 is 2.06 bits per heavy atom. The monoisotopic (exact) mass is 238 g/mol. The fourth-order valence-electron chi connectivity index (χ4n) is 1.16. The first-order valence-corrected chi connectivity index (χ1v) is 5.62. The van der Waals surface area contributed by atoms with Crippen molar-refractivity contribution in [3.63, 3.8) is 0 Å². The van der Waals surface area contributed by atoms with Crippen molar-refractivity contribution in [2.75, 3.05) is 30.9 Å². The Balaban J connectivity index is 2.36. The van der Waals surface area contributed by atoms with Crippen molar-refractivity contribution in [3.8, 4) is 0 Å². The summed E-state index contributed by atoms with van der Waals surface area (Å²) in [5, 5.41) is 13.6. The fourth-order valence-corrected chi connectivity index (χ4v) is 1.16. The Bertz CT molecular complexity index is 340. The molecule has 0 aliphatic rings. The minimum atomic E-state index is -0.0693. The number of rotatable bonds is 7. The molecule has 1 aromatic rings. The molecule has 0 unspecified atom stereocenters. The summed E-state index contributed by atoms with van der Waals surface area (Å²) in [6, 6.07) is 3.50. The van der Waals surface area contributed by atoms with Gasteiger partial charge in [0.15, 0.2) is 5.82 Å². The van der Waals surface area contributed by atoms with Gasteiger partial charge in [0.2, 0.25) is 5.91 Å². The van der Waals surface area contributed by atoms with E-state index in [4.69, 9.17) is 4.74 Å². The van der Waals surface area contributed by atoms with Gasteiger partial charge in [0.1, 0.15) is 5.82 Å². The van der Waals surface area contributed by atoms with Gasteiger partial charge in [-0.05, 0) is 18.6 Å². The topological polar surface area (TPSA) is 76.1 Å². The zero-order valence-corrected chi connectivity index (χ0v) is 10.2. The van der Waals surface area contributed by atoms with Crippen LogP contribution in [-0.2, 0) is 9.53 Å². The third-order valence-electron chi connectivity index (χ3n) is 2.08. The molecule has 0 spiro atoms. The van der Waals surface area contributed by atoms with Crippen LogP contribution in [0.4, 0.5) is 11.6 Å². The maximum Gasteiger partial charge on any atom is 0.225 e. The lowest BCUT2D eigenvalue weighted by Crippen LogP contribution is -2.12. The second-order valence-electron chi connectivity index (χ2n) is 3.48. The van der Waals surface area contributed by atoms with E-state index >= 15 is 0 Å². The lowest BCUT2D eigenvalue weighted by Gasteiger charge is -2.05. The molecule has 0 saturated carbocycles. The highest BCUT2D eigenvalue weighted by Gasteiger charge is 2.00. The molecule has 2 N–H and O–H groups in total. The van der Waals surface area contributed by atoms with Gasteiger partial charge < -0.3 is 15.4 Å². The molecular weight excluding hydrogens is 220 g/mol. The Morgan fingerprint density at radius 3 is 2.65 bits per heavy atom. The van der Waals surface area contributed by atoms with Gasteiger partial charge in [0, 0.05) is 26.7 Å². The molecule has 0 bridgehead atoms. The van der Waals surface area contributed by atoms with Gasteiger partial charge in [-0.3, -0.25) is 4.79 Å². The molecule has 17 heavy (non-hydrogen) atoms. The molecule has 0 fully saturated rings. The second-order valence-corrected chi connectivity index (χ2v) is 3.48. The van der Waals surface area contributed by atoms with E-state index in [0.29, 0.717) is 24.7 Å². The minimum Gasteiger partial charge on any atom is -0.385 e. The predicted molar refractivity (Wildman–Crippen MR) is 65.9 cm³/mol. The smallest absolute Gasteiger partial charge is 0.225 e. The van der Waals surface area contributed by atoms with Crippen LogP contribution in [-0.4, -0.2) is 36.4 Å². The van der Waals surface area contributed by atoms with Crippen molar-refractivity contribution >= 4 is 17.5 Å². The summed E-state index contributed by atoms with van der Waals surface area (Å²) in [4.78, 5) is 11.1. The molecule has 6 heteroatoms. The number of anilines is 2. The van der Waals surface area contributed by atoms with Gasteiger partial charge in [0.05, 0.1) is 0 Å². The van der Waals surface area contributed by atoms with E-state index in [9.17, 15) is 4.79 Å². The highest BCUT2D eigenvalue weighted by atomic mass is 16.5. The van der Waals surface area contributed by atoms with Crippen LogP contribution in [0, 0.1) is 0 Å². The Hall–Kier alpha value is -1.69. The van der Waals surface area contributed by atoms with Crippen LogP contribution in [0.1, 0.15) is 19.8 Å². The van der Waals surface area contributed by atoms with Crippen LogP contribution < -0.4 is 10.6 Å². The van der Waals surface area contributed by atoms with Crippen LogP contribution in [0.25, 0.3) is 0 Å². The molecule has 0 aromatic carbocycles. The molecule has 0 radical (unpaired) electrons. The van der Waals surface area contributed by atoms with Crippen LogP contribution in [0.3, 0.4) is 0 Å². The number of aromatic nitrogens is 2. The van der Waals surface area contributed by atoms with Crippen LogP contribution in [0.5, 0.6) is 0 Å². The molecule has 1 heterocycles. The molecule has 0 aliphatic heterocycles. The number of hydrogen-bond donors (Lipinski definition) is 2. The maximum absolute atomic E-state index is 11.1. The number of hydrogen-bond acceptors (Lipinski definition) is 5. The summed E-state index contributed by atoms with van der Waals surface area (Å²) >= 11 is 0. The molecule has 0 saturated heterocycles. The minimum absolute atomic E-state index is 0.0693. The standard InChI is InChI=1S/C11H18N4O2/c1-3-11(16)13-10-6-5-9(14-15-10)12-7-4-8-17-2/h5-6H,3-4,7-8H2,1-2H3,(H,12,14)(H,13,15,16). The van der Waals surface area contributed by atoms with Crippen LogP contribution in [0.2, 0.25) is 0 Å². The van der Waals surface area contributed by atoms with E-state index in [1.165, 1.54) is 0 Å². The first-order chi connectivity index (χ1) is 8.26. The highest BCUT2D eigenvalue weighted by molar-refractivity contribution is 5.89. The Kier molecular flexibility index (Phi) is 5.95. The molecule has 6 nitrogen and oxygen atoms in total. The zero-order valence-electron chi connectivity index (χ0n) is 10.2. The van der Waals surface area contributed by atoms with E-state index in [1.54, 1.807) is 26.2 Å². The molecule has 94 valence electrons. The SMILES string of the molecule is CCC(=O)Nc1ccc(NCCCOC)nn1. The van der Waals surface area contributed by atoms with Crippen molar-refractivity contribution in [2.24, 2.45) is 0 Å². The molecular formula is C11H18N4O2. The van der Waals surface area contributed by atoms with E-state index in [1.807, 2.05) is 0 Å². The molecule has 1 rings (SSSR count). The van der Waals surface area contributed by atoms with Gasteiger partial charge in [-0.15, -0.1) is 10.2 Å². The Morgan fingerprint density at radius 1 is 1.35 bits per heavy atom. The number of ether oxygens (including phenoxy) is 1. The third kappa shape index (κ3) is 5.26. The van der Waals surface area contributed by atoms with Crippen molar-refractivity contribution in [3.05, 3.63) is 12.1 Å². The first-order valence-electron chi connectivity index (χ1n) is 5.62. The van der Waals surface area contributed by atoms with Crippen LogP contribution >= 0.6 is 0 Å². The average Bonchev–Trinajstić information content (AvgIpc) is 2.36. The van der Waals surface area contributed by atoms with Gasteiger partial charge in [-0.2, -0.15) is 0 Å². The zero-order chi connectivity index (χ0) is 12.5. The summed E-state index contributed by atoms with van der Waals surface area (Å²) in [5.74, 6) is 1.09. The van der Waals surface area contributed by atoms with E-state index in [-0.39, 0.29) is 5.91 Å².